The van der Waals surface area contributed by atoms with Crippen molar-refractivity contribution in [3.05, 3.63) is 41.7 Å². The van der Waals surface area contributed by atoms with E-state index in [0.29, 0.717) is 28.9 Å². The molecule has 25 heavy (non-hydrogen) atoms. The molecule has 3 rings (SSSR count). The number of sulfonamides is 1. The molecule has 1 atom stereocenters. The third kappa shape index (κ3) is 3.31. The van der Waals surface area contributed by atoms with Gasteiger partial charge in [0.1, 0.15) is 0 Å². The molecule has 2 heterocycles. The first kappa shape index (κ1) is 17.3. The molecule has 1 unspecified atom stereocenters. The Kier molecular flexibility index (Phi) is 4.41. The van der Waals surface area contributed by atoms with Crippen molar-refractivity contribution < 1.29 is 13.2 Å². The van der Waals surface area contributed by atoms with Gasteiger partial charge in [-0.15, -0.1) is 0 Å². The fourth-order valence-corrected chi connectivity index (χ4v) is 2.99. The lowest BCUT2D eigenvalue weighted by molar-refractivity contribution is 0.312. The Morgan fingerprint density at radius 2 is 1.92 bits per heavy atom. The molecule has 0 bridgehead atoms. The number of fused-ring (bicyclic) bond motifs is 1. The van der Waals surface area contributed by atoms with Gasteiger partial charge in [-0.05, 0) is 24.6 Å². The van der Waals surface area contributed by atoms with Crippen molar-refractivity contribution in [2.75, 3.05) is 6.61 Å². The summed E-state index contributed by atoms with van der Waals surface area (Å²) in [5.74, 6) is 0. The van der Waals surface area contributed by atoms with Crippen LogP contribution >= 0.6 is 0 Å². The number of ether oxygens (including phenoxy) is 1. The summed E-state index contributed by atoms with van der Waals surface area (Å²) in [7, 11) is -1.99. The van der Waals surface area contributed by atoms with Crippen molar-refractivity contribution in [1.29, 1.82) is 0 Å². The van der Waals surface area contributed by atoms with Crippen LogP contribution in [0.4, 0.5) is 0 Å². The molecule has 0 radical (unpaired) electrons. The quantitative estimate of drug-likeness (QED) is 0.672. The van der Waals surface area contributed by atoms with Crippen molar-refractivity contribution in [1.82, 2.24) is 19.7 Å². The highest BCUT2D eigenvalue weighted by Gasteiger charge is 2.20. The zero-order chi connectivity index (χ0) is 18.2. The van der Waals surface area contributed by atoms with Gasteiger partial charge in [0.05, 0.1) is 34.8 Å². The second kappa shape index (κ2) is 6.39. The monoisotopic (exact) mass is 362 g/mol. The molecule has 0 saturated heterocycles. The maximum atomic E-state index is 11.4. The van der Waals surface area contributed by atoms with E-state index in [9.17, 15) is 8.42 Å². The molecule has 0 saturated carbocycles. The summed E-state index contributed by atoms with van der Waals surface area (Å²) in [6.45, 7) is 2.25. The second-order valence-electron chi connectivity index (χ2n) is 5.42. The number of hydrogen-bond donors (Lipinski definition) is 2. The molecule has 0 aliphatic heterocycles. The molecule has 10 heteroatoms. The smallest absolute Gasteiger partial charge is 0.318 e. The summed E-state index contributed by atoms with van der Waals surface area (Å²) in [5.41, 5.74) is 8.18. The number of primary sulfonamides is 1. The molecule has 2 aromatic heterocycles. The number of nitrogens with two attached hydrogens (primary N) is 2. The Hall–Kier alpha value is -2.56. The molecule has 0 amide bonds. The van der Waals surface area contributed by atoms with Crippen LogP contribution in [-0.4, -0.2) is 34.8 Å². The molecule has 3 aromatic rings. The van der Waals surface area contributed by atoms with Gasteiger partial charge in [-0.3, -0.25) is 4.68 Å². The number of hydrogen-bond acceptors (Lipinski definition) is 7. The summed E-state index contributed by atoms with van der Waals surface area (Å²) >= 11 is 0. The lowest BCUT2D eigenvalue weighted by atomic mass is 10.0. The van der Waals surface area contributed by atoms with Crippen molar-refractivity contribution in [3.63, 3.8) is 0 Å². The van der Waals surface area contributed by atoms with Gasteiger partial charge >= 0.3 is 6.01 Å². The van der Waals surface area contributed by atoms with E-state index in [1.54, 1.807) is 30.1 Å². The number of nitrogens with zero attached hydrogens (tertiary/aromatic N) is 4. The summed E-state index contributed by atoms with van der Waals surface area (Å²) in [5, 5.41) is 10.0. The first-order valence-corrected chi connectivity index (χ1v) is 9.06. The first-order chi connectivity index (χ1) is 11.8. The van der Waals surface area contributed by atoms with Crippen LogP contribution in [0, 0.1) is 0 Å². The normalized spacial score (nSPS) is 13.1. The molecular weight excluding hydrogens is 344 g/mol. The van der Waals surface area contributed by atoms with Gasteiger partial charge in [-0.1, -0.05) is 12.1 Å². The highest BCUT2D eigenvalue weighted by molar-refractivity contribution is 7.89. The van der Waals surface area contributed by atoms with E-state index in [4.69, 9.17) is 15.6 Å². The minimum atomic E-state index is -3.76. The van der Waals surface area contributed by atoms with Crippen LogP contribution < -0.4 is 15.6 Å². The van der Waals surface area contributed by atoms with Gasteiger partial charge < -0.3 is 10.5 Å². The molecule has 9 nitrogen and oxygen atoms in total. The van der Waals surface area contributed by atoms with Gasteiger partial charge in [-0.2, -0.15) is 15.1 Å². The van der Waals surface area contributed by atoms with Crippen LogP contribution in [0.3, 0.4) is 0 Å². The summed E-state index contributed by atoms with van der Waals surface area (Å²) < 4.78 is 29.8. The van der Waals surface area contributed by atoms with Crippen molar-refractivity contribution in [3.8, 4) is 6.01 Å². The minimum Gasteiger partial charge on any atom is -0.464 e. The second-order valence-corrected chi connectivity index (χ2v) is 6.98. The fraction of sp³-hybridized carbons (Fsp3) is 0.267. The van der Waals surface area contributed by atoms with Gasteiger partial charge in [0.15, 0.2) is 5.65 Å². The molecule has 4 N–H and O–H groups in total. The van der Waals surface area contributed by atoms with Crippen molar-refractivity contribution in [2.24, 2.45) is 17.9 Å². The van der Waals surface area contributed by atoms with Gasteiger partial charge in [0.25, 0.3) is 0 Å². The van der Waals surface area contributed by atoms with E-state index in [2.05, 4.69) is 15.1 Å². The lowest BCUT2D eigenvalue weighted by Crippen LogP contribution is -2.16. The maximum absolute atomic E-state index is 11.4. The van der Waals surface area contributed by atoms with Crippen molar-refractivity contribution in [2.45, 2.75) is 17.9 Å². The average Bonchev–Trinajstić information content (AvgIpc) is 2.94. The van der Waals surface area contributed by atoms with Crippen LogP contribution in [0.5, 0.6) is 6.01 Å². The number of aryl methyl sites for hydroxylation is 1. The standard InChI is InChI=1S/C15H18N6O3S/c1-3-24-15-19-13(11-8-18-21(2)14(11)20-15)12(16)9-4-6-10(7-5-9)25(17,22)23/h4-8,12H,3,16H2,1-2H3,(H2,17,22,23). The van der Waals surface area contributed by atoms with Crippen molar-refractivity contribution >= 4 is 21.1 Å². The van der Waals surface area contributed by atoms with E-state index in [1.807, 2.05) is 6.92 Å². The molecular formula is C15H18N6O3S. The summed E-state index contributed by atoms with van der Waals surface area (Å²) in [6.07, 6.45) is 1.64. The zero-order valence-electron chi connectivity index (χ0n) is 13.7. The molecule has 0 aliphatic rings. The predicted octanol–water partition coefficient (Wildman–Crippen LogP) is 0.458. The molecule has 0 spiro atoms. The third-order valence-electron chi connectivity index (χ3n) is 3.74. The zero-order valence-corrected chi connectivity index (χ0v) is 14.6. The Morgan fingerprint density at radius 3 is 2.52 bits per heavy atom. The molecule has 0 fully saturated rings. The Morgan fingerprint density at radius 1 is 1.24 bits per heavy atom. The Labute approximate surface area is 144 Å². The van der Waals surface area contributed by atoms with E-state index in [1.165, 1.54) is 12.1 Å². The Bertz CT molecular complexity index is 1010. The topological polar surface area (TPSA) is 139 Å². The summed E-state index contributed by atoms with van der Waals surface area (Å²) in [4.78, 5) is 8.74. The molecule has 132 valence electrons. The average molecular weight is 362 g/mol. The lowest BCUT2D eigenvalue weighted by Gasteiger charge is -2.14. The largest absolute Gasteiger partial charge is 0.464 e. The number of aromatic nitrogens is 4. The van der Waals surface area contributed by atoms with Gasteiger partial charge in [-0.25, -0.2) is 13.6 Å². The Balaban J connectivity index is 2.08. The van der Waals surface area contributed by atoms with Gasteiger partial charge in [0.2, 0.25) is 10.0 Å². The van der Waals surface area contributed by atoms with E-state index < -0.39 is 16.1 Å². The van der Waals surface area contributed by atoms with Crippen LogP contribution in [0.1, 0.15) is 24.2 Å². The van der Waals surface area contributed by atoms with E-state index in [0.717, 1.165) is 0 Å². The van der Waals surface area contributed by atoms with Crippen LogP contribution in [0.15, 0.2) is 35.4 Å². The SMILES string of the molecule is CCOc1nc(C(N)c2ccc(S(N)(=O)=O)cc2)c2cnn(C)c2n1. The molecule has 1 aromatic carbocycles. The maximum Gasteiger partial charge on any atom is 0.318 e. The van der Waals surface area contributed by atoms with E-state index in [-0.39, 0.29) is 10.9 Å². The summed E-state index contributed by atoms with van der Waals surface area (Å²) in [6, 6.07) is 5.64. The van der Waals surface area contributed by atoms with Crippen LogP contribution in [-0.2, 0) is 17.1 Å². The minimum absolute atomic E-state index is 0.0210. The highest BCUT2D eigenvalue weighted by Crippen LogP contribution is 2.27. The van der Waals surface area contributed by atoms with Gasteiger partial charge in [0, 0.05) is 7.05 Å². The predicted molar refractivity (Wildman–Crippen MR) is 91.3 cm³/mol. The highest BCUT2D eigenvalue weighted by atomic mass is 32.2. The van der Waals surface area contributed by atoms with Crippen LogP contribution in [0.2, 0.25) is 0 Å². The van der Waals surface area contributed by atoms with E-state index >= 15 is 0 Å². The van der Waals surface area contributed by atoms with Crippen LogP contribution in [0.25, 0.3) is 11.0 Å². The molecule has 0 aliphatic carbocycles. The number of rotatable bonds is 5. The first-order valence-electron chi connectivity index (χ1n) is 7.52. The number of benzene rings is 1. The fourth-order valence-electron chi connectivity index (χ4n) is 2.48. The third-order valence-corrected chi connectivity index (χ3v) is 4.67.